The highest BCUT2D eigenvalue weighted by atomic mass is 32.3. The van der Waals surface area contributed by atoms with E-state index in [9.17, 15) is 8.42 Å². The van der Waals surface area contributed by atoms with Crippen molar-refractivity contribution in [1.82, 2.24) is 0 Å². The Hall–Kier alpha value is -1.40. The Morgan fingerprint density at radius 1 is 1.18 bits per heavy atom. The number of nitrogens with zero attached hydrogens (tertiary/aromatic N) is 1. The van der Waals surface area contributed by atoms with Gasteiger partial charge in [0.25, 0.3) is 0 Å². The number of anilines is 2. The topological polar surface area (TPSA) is 158 Å². The van der Waals surface area contributed by atoms with Crippen molar-refractivity contribution < 1.29 is 31.0 Å². The smallest absolute Gasteiger partial charge is 0.394 e. The number of rotatable bonds is 5. The van der Waals surface area contributed by atoms with Gasteiger partial charge in [-0.05, 0) is 25.1 Å². The maximum atomic E-state index is 11.5. The summed E-state index contributed by atoms with van der Waals surface area (Å²) in [5, 5.41) is 8.93. The van der Waals surface area contributed by atoms with E-state index >= 15 is 0 Å². The van der Waals surface area contributed by atoms with Crippen LogP contribution >= 0.6 is 0 Å². The largest absolute Gasteiger partial charge is 0.398 e. The molecule has 11 heteroatoms. The minimum atomic E-state index is -4.67. The van der Waals surface area contributed by atoms with Crippen molar-refractivity contribution in [2.45, 2.75) is 11.8 Å². The highest BCUT2D eigenvalue weighted by Gasteiger charge is 2.14. The third kappa shape index (κ3) is 8.14. The zero-order chi connectivity index (χ0) is 17.6. The van der Waals surface area contributed by atoms with Crippen LogP contribution in [0.15, 0.2) is 23.1 Å². The highest BCUT2D eigenvalue weighted by Crippen LogP contribution is 2.24. The third-order valence-corrected chi connectivity index (χ3v) is 3.67. The first-order valence-electron chi connectivity index (χ1n) is 6.05. The van der Waals surface area contributed by atoms with Gasteiger partial charge >= 0.3 is 10.4 Å². The van der Waals surface area contributed by atoms with Crippen molar-refractivity contribution in [3.05, 3.63) is 18.2 Å². The maximum Gasteiger partial charge on any atom is 0.394 e. The molecule has 0 radical (unpaired) electrons. The van der Waals surface area contributed by atoms with Crippen LogP contribution in [0.2, 0.25) is 0 Å². The number of aliphatic hydroxyl groups is 1. The van der Waals surface area contributed by atoms with E-state index in [4.69, 9.17) is 28.4 Å². The first-order chi connectivity index (χ1) is 9.90. The predicted octanol–water partition coefficient (Wildman–Crippen LogP) is -0.162. The van der Waals surface area contributed by atoms with Crippen molar-refractivity contribution in [2.75, 3.05) is 36.6 Å². The molecule has 0 amide bonds. The number of hydrogen-bond donors (Lipinski definition) is 4. The monoisotopic (exact) mass is 356 g/mol. The van der Waals surface area contributed by atoms with Gasteiger partial charge in [0, 0.05) is 25.0 Å². The predicted molar refractivity (Wildman–Crippen MR) is 83.1 cm³/mol. The molecule has 0 spiro atoms. The molecule has 0 saturated carbocycles. The Morgan fingerprint density at radius 3 is 2.05 bits per heavy atom. The van der Waals surface area contributed by atoms with Crippen LogP contribution in [0.5, 0.6) is 0 Å². The Morgan fingerprint density at radius 2 is 1.68 bits per heavy atom. The molecule has 0 aliphatic heterocycles. The van der Waals surface area contributed by atoms with Crippen LogP contribution < -0.4 is 10.6 Å². The van der Waals surface area contributed by atoms with Crippen LogP contribution in [-0.2, 0) is 20.2 Å². The van der Waals surface area contributed by atoms with Gasteiger partial charge in [-0.2, -0.15) is 8.42 Å². The van der Waals surface area contributed by atoms with Gasteiger partial charge in [0.1, 0.15) is 0 Å². The highest BCUT2D eigenvalue weighted by molar-refractivity contribution is 7.90. The minimum absolute atomic E-state index is 0.0203. The molecule has 0 saturated heterocycles. The summed E-state index contributed by atoms with van der Waals surface area (Å²) >= 11 is 0. The van der Waals surface area contributed by atoms with Crippen molar-refractivity contribution in [3.63, 3.8) is 0 Å². The van der Waals surface area contributed by atoms with Crippen LogP contribution in [0.25, 0.3) is 0 Å². The zero-order valence-electron chi connectivity index (χ0n) is 12.2. The lowest BCUT2D eigenvalue weighted by Gasteiger charge is -2.22. The first-order valence-corrected chi connectivity index (χ1v) is 9.34. The molecule has 0 heterocycles. The molecule has 128 valence electrons. The van der Waals surface area contributed by atoms with Gasteiger partial charge in [0.2, 0.25) is 0 Å². The van der Waals surface area contributed by atoms with E-state index < -0.39 is 20.2 Å². The number of nitrogens with two attached hydrogens (primary N) is 1. The quantitative estimate of drug-likeness (QED) is 0.415. The summed E-state index contributed by atoms with van der Waals surface area (Å²) in [6.45, 7) is 3.11. The average molecular weight is 356 g/mol. The lowest BCUT2D eigenvalue weighted by molar-refractivity contribution is 0.302. The van der Waals surface area contributed by atoms with Crippen LogP contribution in [-0.4, -0.2) is 57.0 Å². The molecule has 1 aromatic rings. The number of aliphatic hydroxyl groups excluding tert-OH is 1. The van der Waals surface area contributed by atoms with Crippen LogP contribution in [0.4, 0.5) is 11.4 Å². The van der Waals surface area contributed by atoms with Gasteiger partial charge < -0.3 is 15.7 Å². The number of nitrogen functional groups attached to an aromatic ring is 1. The Kier molecular flexibility index (Phi) is 7.76. The van der Waals surface area contributed by atoms with E-state index in [0.29, 0.717) is 13.1 Å². The molecule has 0 fully saturated rings. The normalized spacial score (nSPS) is 11.5. The average Bonchev–Trinajstić information content (AvgIpc) is 2.33. The fourth-order valence-corrected chi connectivity index (χ4v) is 2.46. The van der Waals surface area contributed by atoms with Crippen molar-refractivity contribution in [2.24, 2.45) is 0 Å². The van der Waals surface area contributed by atoms with Crippen molar-refractivity contribution >= 4 is 31.6 Å². The number of benzene rings is 1. The zero-order valence-corrected chi connectivity index (χ0v) is 13.8. The second kappa shape index (κ2) is 8.29. The molecule has 5 N–H and O–H groups in total. The molecule has 0 atom stereocenters. The lowest BCUT2D eigenvalue weighted by atomic mass is 10.2. The molecule has 0 unspecified atom stereocenters. The van der Waals surface area contributed by atoms with Gasteiger partial charge in [-0.1, -0.05) is 0 Å². The van der Waals surface area contributed by atoms with Gasteiger partial charge in [0.05, 0.1) is 17.2 Å². The van der Waals surface area contributed by atoms with Gasteiger partial charge in [-0.3, -0.25) is 9.11 Å². The van der Waals surface area contributed by atoms with Gasteiger partial charge in [-0.25, -0.2) is 8.42 Å². The summed E-state index contributed by atoms with van der Waals surface area (Å²) in [5.41, 5.74) is 6.64. The standard InChI is InChI=1S/C11H18N2O3S.H2O4S/c1-3-13(6-7-14)9-4-5-10(12)11(8-9)17(2,15)16;1-5(2,3)4/h4-5,8,14H,3,6-7,12H2,1-2H3;(H2,1,2,3,4). The molecule has 0 aromatic heterocycles. The summed E-state index contributed by atoms with van der Waals surface area (Å²) in [6, 6.07) is 4.87. The summed E-state index contributed by atoms with van der Waals surface area (Å²) in [5.74, 6) is 0. The molecule has 1 aromatic carbocycles. The Labute approximate surface area is 129 Å². The van der Waals surface area contributed by atoms with E-state index in [1.165, 1.54) is 0 Å². The molecule has 0 aliphatic carbocycles. The SMILES string of the molecule is CCN(CCO)c1ccc(N)c(S(C)(=O)=O)c1.O=S(=O)(O)O. The number of sulfone groups is 1. The molecular weight excluding hydrogens is 336 g/mol. The van der Waals surface area contributed by atoms with E-state index in [2.05, 4.69) is 0 Å². The molecule has 0 aliphatic rings. The fraction of sp³-hybridized carbons (Fsp3) is 0.455. The second-order valence-corrected chi connectivity index (χ2v) is 7.13. The van der Waals surface area contributed by atoms with E-state index in [1.54, 1.807) is 18.2 Å². The molecule has 1 rings (SSSR count). The minimum Gasteiger partial charge on any atom is -0.398 e. The van der Waals surface area contributed by atoms with E-state index in [0.717, 1.165) is 11.9 Å². The molecule has 22 heavy (non-hydrogen) atoms. The number of likely N-dealkylation sites (N-methyl/N-ethyl adjacent to an activating group) is 1. The lowest BCUT2D eigenvalue weighted by Crippen LogP contribution is -2.26. The Bertz CT molecular complexity index is 678. The summed E-state index contributed by atoms with van der Waals surface area (Å²) in [6.07, 6.45) is 1.13. The molecule has 0 bridgehead atoms. The van der Waals surface area contributed by atoms with Gasteiger partial charge in [-0.15, -0.1) is 0 Å². The molecule has 9 nitrogen and oxygen atoms in total. The summed E-state index contributed by atoms with van der Waals surface area (Å²) < 4.78 is 54.6. The van der Waals surface area contributed by atoms with Crippen molar-refractivity contribution in [1.29, 1.82) is 0 Å². The molecular formula is C11H20N2O7S2. The summed E-state index contributed by atoms with van der Waals surface area (Å²) in [4.78, 5) is 2.01. The first kappa shape index (κ1) is 20.6. The van der Waals surface area contributed by atoms with Crippen molar-refractivity contribution in [3.8, 4) is 0 Å². The Balaban J connectivity index is 0.000000763. The van der Waals surface area contributed by atoms with Crippen LogP contribution in [0.1, 0.15) is 6.92 Å². The van der Waals surface area contributed by atoms with E-state index in [1.807, 2.05) is 11.8 Å². The number of hydrogen-bond acceptors (Lipinski definition) is 7. The third-order valence-electron chi connectivity index (χ3n) is 2.51. The second-order valence-electron chi connectivity index (χ2n) is 4.25. The van der Waals surface area contributed by atoms with Crippen LogP contribution in [0, 0.1) is 0 Å². The maximum absolute atomic E-state index is 11.5. The van der Waals surface area contributed by atoms with E-state index in [-0.39, 0.29) is 17.2 Å². The fourth-order valence-electron chi connectivity index (χ4n) is 1.63. The van der Waals surface area contributed by atoms with Gasteiger partial charge in [0.15, 0.2) is 9.84 Å². The summed E-state index contributed by atoms with van der Waals surface area (Å²) in [7, 11) is -7.99. The van der Waals surface area contributed by atoms with Crippen LogP contribution in [0.3, 0.4) is 0 Å².